The van der Waals surface area contributed by atoms with Gasteiger partial charge in [0.2, 0.25) is 17.6 Å². The highest BCUT2D eigenvalue weighted by Gasteiger charge is 2.43. The van der Waals surface area contributed by atoms with E-state index in [4.69, 9.17) is 4.52 Å². The topological polar surface area (TPSA) is 85.8 Å². The van der Waals surface area contributed by atoms with E-state index in [2.05, 4.69) is 20.4 Å². The Morgan fingerprint density at radius 1 is 1.32 bits per heavy atom. The maximum absolute atomic E-state index is 13.0. The lowest BCUT2D eigenvalue weighted by atomic mass is 9.80. The molecule has 1 saturated carbocycles. The van der Waals surface area contributed by atoms with E-state index in [1.54, 1.807) is 6.92 Å². The van der Waals surface area contributed by atoms with E-state index in [1.807, 2.05) is 0 Å². The first-order valence-electron chi connectivity index (χ1n) is 9.53. The molecule has 2 aliphatic rings. The summed E-state index contributed by atoms with van der Waals surface area (Å²) in [4.78, 5) is 20.9. The molecular weight excluding hydrogens is 375 g/mol. The van der Waals surface area contributed by atoms with E-state index in [1.165, 1.54) is 10.8 Å². The Morgan fingerprint density at radius 2 is 2.07 bits per heavy atom. The van der Waals surface area contributed by atoms with Crippen molar-refractivity contribution in [2.45, 2.75) is 70.1 Å². The van der Waals surface area contributed by atoms with E-state index >= 15 is 0 Å². The Hall–Kier alpha value is -2.39. The number of carbonyl (C=O) groups excluding carboxylic acids is 1. The molecule has 1 N–H and O–H groups in total. The summed E-state index contributed by atoms with van der Waals surface area (Å²) < 4.78 is 45.4. The Bertz CT molecular complexity index is 867. The van der Waals surface area contributed by atoms with Gasteiger partial charge in [0.1, 0.15) is 5.54 Å². The Kier molecular flexibility index (Phi) is 4.67. The number of amides is 1. The van der Waals surface area contributed by atoms with E-state index in [-0.39, 0.29) is 18.9 Å². The van der Waals surface area contributed by atoms with Crippen molar-refractivity contribution in [2.75, 3.05) is 0 Å². The van der Waals surface area contributed by atoms with Gasteiger partial charge in [-0.2, -0.15) is 18.2 Å². The molecule has 0 bridgehead atoms. The molecule has 0 radical (unpaired) electrons. The fourth-order valence-corrected chi connectivity index (χ4v) is 4.30. The molecular formula is C18H22F3N5O2. The SMILES string of the molecule is Cc1nc(C2(NC(=O)[C@H]3CCn4c(cnc4C(F)(F)F)C3)CCCCC2)no1. The van der Waals surface area contributed by atoms with Crippen molar-refractivity contribution >= 4 is 5.91 Å². The van der Waals surface area contributed by atoms with Crippen LogP contribution in [-0.2, 0) is 29.5 Å². The van der Waals surface area contributed by atoms with Gasteiger partial charge in [0.25, 0.3) is 0 Å². The lowest BCUT2D eigenvalue weighted by molar-refractivity contribution is -0.147. The summed E-state index contributed by atoms with van der Waals surface area (Å²) in [6, 6.07) is 0. The number of carbonyl (C=O) groups is 1. The number of nitrogens with one attached hydrogen (secondary N) is 1. The minimum Gasteiger partial charge on any atom is -0.343 e. The van der Waals surface area contributed by atoms with Crippen LogP contribution in [0.15, 0.2) is 10.7 Å². The van der Waals surface area contributed by atoms with Gasteiger partial charge >= 0.3 is 6.18 Å². The number of rotatable bonds is 3. The van der Waals surface area contributed by atoms with Crippen molar-refractivity contribution in [2.24, 2.45) is 5.92 Å². The highest BCUT2D eigenvalue weighted by molar-refractivity contribution is 5.80. The smallest absolute Gasteiger partial charge is 0.343 e. The Balaban J connectivity index is 1.52. The molecule has 1 amide bonds. The third kappa shape index (κ3) is 3.40. The van der Waals surface area contributed by atoms with Crippen LogP contribution in [-0.4, -0.2) is 25.6 Å². The van der Waals surface area contributed by atoms with Gasteiger partial charge in [0.05, 0.1) is 0 Å². The van der Waals surface area contributed by atoms with E-state index in [9.17, 15) is 18.0 Å². The molecule has 0 spiro atoms. The largest absolute Gasteiger partial charge is 0.449 e. The lowest BCUT2D eigenvalue weighted by Crippen LogP contribution is -2.50. The van der Waals surface area contributed by atoms with Crippen molar-refractivity contribution in [1.82, 2.24) is 25.0 Å². The number of hydrogen-bond donors (Lipinski definition) is 1. The molecule has 0 aromatic carbocycles. The number of alkyl halides is 3. The van der Waals surface area contributed by atoms with Crippen LogP contribution >= 0.6 is 0 Å². The molecule has 0 saturated heterocycles. The minimum atomic E-state index is -4.49. The fraction of sp³-hybridized carbons (Fsp3) is 0.667. The molecule has 1 fully saturated rings. The summed E-state index contributed by atoms with van der Waals surface area (Å²) in [5.41, 5.74) is -0.228. The molecule has 1 aliphatic heterocycles. The molecule has 2 aromatic rings. The highest BCUT2D eigenvalue weighted by Crippen LogP contribution is 2.37. The van der Waals surface area contributed by atoms with Gasteiger partial charge in [-0.25, -0.2) is 4.98 Å². The van der Waals surface area contributed by atoms with Crippen LogP contribution in [0.1, 0.15) is 61.8 Å². The molecule has 10 heteroatoms. The van der Waals surface area contributed by atoms with Crippen LogP contribution < -0.4 is 5.32 Å². The summed E-state index contributed by atoms with van der Waals surface area (Å²) in [5, 5.41) is 7.16. The zero-order valence-corrected chi connectivity index (χ0v) is 15.6. The molecule has 2 aromatic heterocycles. The second-order valence-electron chi connectivity index (χ2n) is 7.68. The average molecular weight is 397 g/mol. The maximum Gasteiger partial charge on any atom is 0.449 e. The van der Waals surface area contributed by atoms with Gasteiger partial charge in [0, 0.05) is 37.7 Å². The number of halogens is 3. The standard InChI is InChI=1S/C18H22F3N5O2/c1-11-23-15(25-28-11)17(6-3-2-4-7-17)24-14(27)12-5-8-26-13(9-12)10-22-16(26)18(19,20)21/h10,12H,2-9H2,1H3,(H,24,27)/t12-/m0/s1. The number of fused-ring (bicyclic) bond motifs is 1. The van der Waals surface area contributed by atoms with Gasteiger partial charge in [-0.1, -0.05) is 24.4 Å². The zero-order valence-electron chi connectivity index (χ0n) is 15.6. The Morgan fingerprint density at radius 3 is 2.71 bits per heavy atom. The first kappa shape index (κ1) is 18.9. The van der Waals surface area contributed by atoms with Crippen LogP contribution in [0.5, 0.6) is 0 Å². The number of imidazole rings is 1. The number of aromatic nitrogens is 4. The lowest BCUT2D eigenvalue weighted by Gasteiger charge is -2.37. The van der Waals surface area contributed by atoms with Crippen molar-refractivity contribution in [3.63, 3.8) is 0 Å². The molecule has 28 heavy (non-hydrogen) atoms. The normalized spacial score (nSPS) is 21.9. The molecule has 3 heterocycles. The first-order chi connectivity index (χ1) is 13.3. The predicted octanol–water partition coefficient (Wildman–Crippen LogP) is 3.13. The number of hydrogen-bond acceptors (Lipinski definition) is 5. The average Bonchev–Trinajstić information content (AvgIpc) is 3.28. The molecule has 1 aliphatic carbocycles. The number of aryl methyl sites for hydroxylation is 1. The fourth-order valence-electron chi connectivity index (χ4n) is 4.30. The van der Waals surface area contributed by atoms with Gasteiger partial charge in [0.15, 0.2) is 5.82 Å². The molecule has 4 rings (SSSR count). The van der Waals surface area contributed by atoms with E-state index in [0.717, 1.165) is 32.1 Å². The second-order valence-corrected chi connectivity index (χ2v) is 7.68. The van der Waals surface area contributed by atoms with Gasteiger partial charge in [-0.15, -0.1) is 0 Å². The predicted molar refractivity (Wildman–Crippen MR) is 91.0 cm³/mol. The third-order valence-corrected chi connectivity index (χ3v) is 5.74. The Labute approximate surface area is 159 Å². The summed E-state index contributed by atoms with van der Waals surface area (Å²) >= 11 is 0. The summed E-state index contributed by atoms with van der Waals surface area (Å²) in [7, 11) is 0. The van der Waals surface area contributed by atoms with Crippen molar-refractivity contribution in [3.8, 4) is 0 Å². The van der Waals surface area contributed by atoms with Gasteiger partial charge in [-0.3, -0.25) is 4.79 Å². The molecule has 152 valence electrons. The van der Waals surface area contributed by atoms with Crippen LogP contribution in [0.25, 0.3) is 0 Å². The van der Waals surface area contributed by atoms with E-state index in [0.29, 0.717) is 23.8 Å². The highest BCUT2D eigenvalue weighted by atomic mass is 19.4. The van der Waals surface area contributed by atoms with E-state index < -0.39 is 23.5 Å². The first-order valence-corrected chi connectivity index (χ1v) is 9.53. The second kappa shape index (κ2) is 6.89. The monoisotopic (exact) mass is 397 g/mol. The zero-order chi connectivity index (χ0) is 19.9. The quantitative estimate of drug-likeness (QED) is 0.860. The van der Waals surface area contributed by atoms with Gasteiger partial charge < -0.3 is 14.4 Å². The maximum atomic E-state index is 13.0. The summed E-state index contributed by atoms with van der Waals surface area (Å²) in [5.74, 6) is -0.552. The van der Waals surface area contributed by atoms with Crippen LogP contribution in [0.3, 0.4) is 0 Å². The van der Waals surface area contributed by atoms with Crippen LogP contribution in [0.2, 0.25) is 0 Å². The summed E-state index contributed by atoms with van der Waals surface area (Å²) in [6.07, 6.45) is 1.71. The van der Waals surface area contributed by atoms with Crippen LogP contribution in [0.4, 0.5) is 13.2 Å². The van der Waals surface area contributed by atoms with Crippen molar-refractivity contribution in [3.05, 3.63) is 29.4 Å². The minimum absolute atomic E-state index is 0.122. The third-order valence-electron chi connectivity index (χ3n) is 5.74. The number of nitrogens with zero attached hydrogens (tertiary/aromatic N) is 4. The molecule has 7 nitrogen and oxygen atoms in total. The molecule has 0 unspecified atom stereocenters. The van der Waals surface area contributed by atoms with Crippen LogP contribution in [0, 0.1) is 12.8 Å². The summed E-state index contributed by atoms with van der Waals surface area (Å²) in [6.45, 7) is 1.83. The van der Waals surface area contributed by atoms with Gasteiger partial charge in [-0.05, 0) is 19.3 Å². The molecule has 1 atom stereocenters. The van der Waals surface area contributed by atoms with Crippen molar-refractivity contribution < 1.29 is 22.5 Å². The van der Waals surface area contributed by atoms with Crippen molar-refractivity contribution in [1.29, 1.82) is 0 Å².